The summed E-state index contributed by atoms with van der Waals surface area (Å²) in [7, 11) is 0. The van der Waals surface area contributed by atoms with Crippen molar-refractivity contribution in [1.29, 1.82) is 0 Å². The van der Waals surface area contributed by atoms with Crippen LogP contribution in [0.4, 0.5) is 22.7 Å². The van der Waals surface area contributed by atoms with Crippen molar-refractivity contribution in [3.05, 3.63) is 156 Å². The molecule has 3 aromatic heterocycles. The maximum Gasteiger partial charge on any atom is 0.137 e. The first-order valence-electron chi connectivity index (χ1n) is 18.4. The van der Waals surface area contributed by atoms with E-state index in [9.17, 15) is 0 Å². The van der Waals surface area contributed by atoms with Gasteiger partial charge in [-0.15, -0.1) is 0 Å². The lowest BCUT2D eigenvalue weighted by atomic mass is 9.88. The van der Waals surface area contributed by atoms with Gasteiger partial charge in [0.1, 0.15) is 28.5 Å². The van der Waals surface area contributed by atoms with Crippen molar-refractivity contribution in [3.63, 3.8) is 0 Å². The molecular weight excluding hydrogens is 665 g/mol. The minimum Gasteiger partial charge on any atom is -0.457 e. The van der Waals surface area contributed by atoms with Crippen LogP contribution < -0.4 is 15.4 Å². The molecule has 0 bridgehead atoms. The molecule has 2 N–H and O–H groups in total. The third-order valence-corrected chi connectivity index (χ3v) is 10.3. The number of ether oxygens (including phenoxy) is 1. The predicted octanol–water partition coefficient (Wildman–Crippen LogP) is 13.6. The minimum atomic E-state index is -0.0451. The Bertz CT molecular complexity index is 2870. The molecule has 0 aliphatic rings. The molecule has 0 amide bonds. The topological polar surface area (TPSA) is 64.2 Å². The van der Waals surface area contributed by atoms with E-state index in [1.54, 1.807) is 0 Å². The van der Waals surface area contributed by atoms with Crippen molar-refractivity contribution >= 4 is 66.5 Å². The third-order valence-electron chi connectivity index (χ3n) is 10.3. The highest BCUT2D eigenvalue weighted by molar-refractivity contribution is 6.24. The molecule has 0 unspecified atom stereocenters. The molecule has 0 saturated carbocycles. The summed E-state index contributed by atoms with van der Waals surface area (Å²) in [5, 5.41) is 11.7. The van der Waals surface area contributed by atoms with Crippen LogP contribution in [0.25, 0.3) is 49.6 Å². The quantitative estimate of drug-likeness (QED) is 0.173. The van der Waals surface area contributed by atoms with Gasteiger partial charge in [-0.1, -0.05) is 74.9 Å². The van der Waals surface area contributed by atoms with E-state index in [1.807, 2.05) is 48.7 Å². The number of hydrogen-bond donors (Lipinski definition) is 2. The molecule has 9 rings (SSSR count). The lowest BCUT2D eigenvalue weighted by molar-refractivity contribution is 0.483. The lowest BCUT2D eigenvalue weighted by Crippen LogP contribution is -2.12. The number of aryl methyl sites for hydroxylation is 3. The third kappa shape index (κ3) is 5.90. The smallest absolute Gasteiger partial charge is 0.137 e. The van der Waals surface area contributed by atoms with Crippen LogP contribution in [0.3, 0.4) is 0 Å². The lowest BCUT2D eigenvalue weighted by Gasteiger charge is -2.20. The number of para-hydroxylation sites is 3. The first-order chi connectivity index (χ1) is 26.1. The maximum atomic E-state index is 6.63. The van der Waals surface area contributed by atoms with Crippen molar-refractivity contribution in [2.24, 2.45) is 0 Å². The maximum absolute atomic E-state index is 6.63. The molecule has 0 spiro atoms. The molecule has 0 saturated heterocycles. The Kier molecular flexibility index (Phi) is 7.93. The number of hydrogen-bond acceptors (Lipinski definition) is 5. The molecule has 0 fully saturated rings. The van der Waals surface area contributed by atoms with Crippen LogP contribution in [0.2, 0.25) is 0 Å². The summed E-state index contributed by atoms with van der Waals surface area (Å²) in [4.78, 5) is 4.96. The van der Waals surface area contributed by atoms with E-state index in [0.29, 0.717) is 0 Å². The predicted molar refractivity (Wildman–Crippen MR) is 225 cm³/mol. The summed E-state index contributed by atoms with van der Waals surface area (Å²) in [6.45, 7) is 13.1. The largest absolute Gasteiger partial charge is 0.457 e. The summed E-state index contributed by atoms with van der Waals surface area (Å²) in [5.41, 5.74) is 12.7. The fourth-order valence-electron chi connectivity index (χ4n) is 7.74. The number of furan rings is 1. The van der Waals surface area contributed by atoms with Gasteiger partial charge in [0.15, 0.2) is 0 Å². The van der Waals surface area contributed by atoms with Gasteiger partial charge in [-0.05, 0) is 110 Å². The molecule has 54 heavy (non-hydrogen) atoms. The average Bonchev–Trinajstić information content (AvgIpc) is 3.69. The van der Waals surface area contributed by atoms with Crippen molar-refractivity contribution in [2.75, 3.05) is 10.6 Å². The Morgan fingerprint density at radius 2 is 1.35 bits per heavy atom. The zero-order chi connectivity index (χ0) is 37.1. The molecule has 0 atom stereocenters. The number of pyridine rings is 1. The Morgan fingerprint density at radius 1 is 0.630 bits per heavy atom. The van der Waals surface area contributed by atoms with Gasteiger partial charge >= 0.3 is 0 Å². The fourth-order valence-corrected chi connectivity index (χ4v) is 7.74. The SMILES string of the molecule is Cc1cc(C)c(Nc2ccccc2Nc2cccc(Oc3ccc4c5ccc6oc7ccccc7c6c5n(-c5cc(C(C)(C)C)ccn5)c4c3)c2)c(C)c1. The van der Waals surface area contributed by atoms with Gasteiger partial charge in [0.25, 0.3) is 0 Å². The standard InChI is InChI=1S/C48H42N4O2/c1-29-24-30(2)46(31(3)25-29)51-40-16-9-8-15-39(40)50-33-12-11-13-34(27-33)53-35-18-19-36-37-20-21-43-45(38-14-7-10-17-42(38)54-43)47(37)52(41(36)28-35)44-26-32(22-23-49-44)48(4,5)6/h7-28,50-51H,1-6H3. The summed E-state index contributed by atoms with van der Waals surface area (Å²) in [6, 6.07) is 43.9. The molecule has 6 nitrogen and oxygen atoms in total. The van der Waals surface area contributed by atoms with Crippen LogP contribution in [0, 0.1) is 20.8 Å². The number of nitrogens with one attached hydrogen (secondary N) is 2. The number of anilines is 4. The molecule has 9 aromatic rings. The Labute approximate surface area is 315 Å². The summed E-state index contributed by atoms with van der Waals surface area (Å²) >= 11 is 0. The highest BCUT2D eigenvalue weighted by atomic mass is 16.5. The summed E-state index contributed by atoms with van der Waals surface area (Å²) in [5.74, 6) is 2.32. The van der Waals surface area contributed by atoms with E-state index in [2.05, 4.69) is 142 Å². The summed E-state index contributed by atoms with van der Waals surface area (Å²) < 4.78 is 15.3. The van der Waals surface area contributed by atoms with Crippen LogP contribution in [-0.4, -0.2) is 9.55 Å². The number of aromatic nitrogens is 2. The van der Waals surface area contributed by atoms with E-state index < -0.39 is 0 Å². The molecule has 6 heteroatoms. The number of benzene rings is 6. The van der Waals surface area contributed by atoms with Crippen molar-refractivity contribution < 1.29 is 9.15 Å². The van der Waals surface area contributed by atoms with E-state index in [4.69, 9.17) is 14.1 Å². The van der Waals surface area contributed by atoms with Gasteiger partial charge in [0, 0.05) is 45.9 Å². The van der Waals surface area contributed by atoms with E-state index >= 15 is 0 Å². The van der Waals surface area contributed by atoms with Gasteiger partial charge in [-0.2, -0.15) is 0 Å². The van der Waals surface area contributed by atoms with Crippen molar-refractivity contribution in [3.8, 4) is 17.3 Å². The highest BCUT2D eigenvalue weighted by Crippen LogP contribution is 2.42. The second-order valence-corrected chi connectivity index (χ2v) is 15.3. The monoisotopic (exact) mass is 706 g/mol. The van der Waals surface area contributed by atoms with Crippen LogP contribution in [0.1, 0.15) is 43.0 Å². The van der Waals surface area contributed by atoms with Gasteiger partial charge < -0.3 is 19.8 Å². The normalized spacial score (nSPS) is 11.9. The van der Waals surface area contributed by atoms with Gasteiger partial charge in [-0.25, -0.2) is 4.98 Å². The number of fused-ring (bicyclic) bond motifs is 7. The molecule has 3 heterocycles. The average molecular weight is 707 g/mol. The first-order valence-corrected chi connectivity index (χ1v) is 18.4. The molecule has 0 aliphatic carbocycles. The highest BCUT2D eigenvalue weighted by Gasteiger charge is 2.22. The van der Waals surface area contributed by atoms with Crippen LogP contribution in [0.5, 0.6) is 11.5 Å². The Balaban J connectivity index is 1.12. The van der Waals surface area contributed by atoms with E-state index in [1.165, 1.54) is 22.3 Å². The second-order valence-electron chi connectivity index (χ2n) is 15.3. The minimum absolute atomic E-state index is 0.0451. The van der Waals surface area contributed by atoms with E-state index in [-0.39, 0.29) is 5.41 Å². The van der Waals surface area contributed by atoms with Crippen LogP contribution in [0.15, 0.2) is 138 Å². The fraction of sp³-hybridized carbons (Fsp3) is 0.146. The zero-order valence-electron chi connectivity index (χ0n) is 31.4. The molecule has 0 aliphatic heterocycles. The van der Waals surface area contributed by atoms with Crippen LogP contribution >= 0.6 is 0 Å². The molecule has 0 radical (unpaired) electrons. The van der Waals surface area contributed by atoms with Crippen molar-refractivity contribution in [1.82, 2.24) is 9.55 Å². The summed E-state index contributed by atoms with van der Waals surface area (Å²) in [6.07, 6.45) is 1.91. The number of nitrogens with zero attached hydrogens (tertiary/aromatic N) is 2. The van der Waals surface area contributed by atoms with Gasteiger partial charge in [0.2, 0.25) is 0 Å². The molecule has 6 aromatic carbocycles. The van der Waals surface area contributed by atoms with Gasteiger partial charge in [-0.3, -0.25) is 4.57 Å². The second kappa shape index (κ2) is 12.8. The van der Waals surface area contributed by atoms with E-state index in [0.717, 1.165) is 83.8 Å². The Hall–Kier alpha value is -6.53. The van der Waals surface area contributed by atoms with Crippen LogP contribution in [-0.2, 0) is 5.41 Å². The zero-order valence-corrected chi connectivity index (χ0v) is 31.4. The Morgan fingerprint density at radius 3 is 2.15 bits per heavy atom. The first kappa shape index (κ1) is 33.3. The number of rotatable bonds is 7. The molecular formula is C48H42N4O2. The molecule has 266 valence electrons. The van der Waals surface area contributed by atoms with Gasteiger partial charge in [0.05, 0.1) is 27.8 Å². The van der Waals surface area contributed by atoms with Crippen molar-refractivity contribution in [2.45, 2.75) is 47.0 Å².